The van der Waals surface area contributed by atoms with Gasteiger partial charge in [-0.15, -0.1) is 0 Å². The molecule has 0 spiro atoms. The number of carbonyl (C=O) groups is 1. The fraction of sp³-hybridized carbons (Fsp3) is 0. The van der Waals surface area contributed by atoms with Gasteiger partial charge in [-0.3, -0.25) is 5.43 Å². The Balaban J connectivity index is 1.37. The van der Waals surface area contributed by atoms with Crippen LogP contribution in [0.3, 0.4) is 0 Å². The molecule has 0 aliphatic rings. The fourth-order valence-electron chi connectivity index (χ4n) is 3.05. The summed E-state index contributed by atoms with van der Waals surface area (Å²) >= 11 is 5.92. The topological polar surface area (TPSA) is 152 Å². The quantitative estimate of drug-likeness (QED) is 0.209. The van der Waals surface area contributed by atoms with Crippen molar-refractivity contribution < 1.29 is 23.3 Å². The lowest BCUT2D eigenvalue weighted by Gasteiger charge is -2.09. The van der Waals surface area contributed by atoms with Crippen molar-refractivity contribution in [1.29, 1.82) is 0 Å². The third-order valence-corrected chi connectivity index (χ3v) is 5.02. The van der Waals surface area contributed by atoms with Crippen molar-refractivity contribution >= 4 is 52.4 Å². The average molecular weight is 494 g/mol. The molecule has 0 unspecified atom stereocenters. The third-order valence-electron chi connectivity index (χ3n) is 4.69. The van der Waals surface area contributed by atoms with Crippen LogP contribution in [0.1, 0.15) is 16.1 Å². The molecule has 0 fully saturated rings. The van der Waals surface area contributed by atoms with Crippen LogP contribution in [0.4, 0.5) is 21.7 Å². The summed E-state index contributed by atoms with van der Waals surface area (Å²) in [7, 11) is 0. The van der Waals surface area contributed by atoms with Crippen LogP contribution in [-0.2, 0) is 0 Å². The molecule has 5 aromatic rings. The predicted octanol–water partition coefficient (Wildman–Crippen LogP) is 4.95. The normalized spacial score (nSPS) is 11.3. The molecule has 0 aliphatic heterocycles. The van der Waals surface area contributed by atoms with E-state index in [1.807, 2.05) is 0 Å². The summed E-state index contributed by atoms with van der Waals surface area (Å²) in [4.78, 5) is 19.9. The molecule has 3 N–H and O–H groups in total. The Morgan fingerprint density at radius 3 is 2.51 bits per heavy atom. The number of aromatic carboxylic acids is 1. The smallest absolute Gasteiger partial charge is 0.337 e. The second kappa shape index (κ2) is 9.19. The zero-order chi connectivity index (χ0) is 24.4. The minimum atomic E-state index is -1.14. The molecule has 0 radical (unpaired) electrons. The van der Waals surface area contributed by atoms with Gasteiger partial charge >= 0.3 is 5.97 Å². The lowest BCUT2D eigenvalue weighted by atomic mass is 10.1. The fourth-order valence-corrected chi connectivity index (χ4v) is 3.25. The molecule has 11 nitrogen and oxygen atoms in total. The predicted molar refractivity (Wildman–Crippen MR) is 124 cm³/mol. The van der Waals surface area contributed by atoms with Gasteiger partial charge in [0.1, 0.15) is 17.3 Å². The maximum Gasteiger partial charge on any atom is 0.337 e. The Bertz CT molecular complexity index is 1570. The molecule has 5 rings (SSSR count). The Morgan fingerprint density at radius 1 is 1.03 bits per heavy atom. The molecule has 13 heteroatoms. The molecule has 3 aromatic heterocycles. The molecular formula is C22H13ClFN7O4. The number of carboxylic acid groups (broad SMARTS) is 1. The standard InChI is InChI=1S/C22H13ClFN7O4/c23-16-7-1-11(9-15(16)22(32)33)17-8-6-14(34-17)10-25-29-19-18(26-13-4-2-12(24)3-5-13)27-20-21(28-19)31-35-30-20/h1-10H,(H,32,33)(H,26,27,30)(H,28,29,31). The van der Waals surface area contributed by atoms with Gasteiger partial charge in [0.05, 0.1) is 16.8 Å². The van der Waals surface area contributed by atoms with Gasteiger partial charge in [-0.25, -0.2) is 18.8 Å². The van der Waals surface area contributed by atoms with Gasteiger partial charge in [0.25, 0.3) is 0 Å². The molecule has 2 aromatic carbocycles. The van der Waals surface area contributed by atoms with E-state index < -0.39 is 5.97 Å². The second-order valence-corrected chi connectivity index (χ2v) is 7.44. The summed E-state index contributed by atoms with van der Waals surface area (Å²) in [6, 6.07) is 13.6. The number of hydrogen-bond acceptors (Lipinski definition) is 10. The van der Waals surface area contributed by atoms with Crippen LogP contribution >= 0.6 is 11.6 Å². The number of fused-ring (bicyclic) bond motifs is 1. The van der Waals surface area contributed by atoms with Gasteiger partial charge in [-0.1, -0.05) is 11.6 Å². The summed E-state index contributed by atoms with van der Waals surface area (Å²) in [5.41, 5.74) is 4.14. The van der Waals surface area contributed by atoms with Crippen molar-refractivity contribution in [1.82, 2.24) is 20.3 Å². The number of aromatic nitrogens is 4. The molecule has 0 saturated carbocycles. The maximum absolute atomic E-state index is 13.2. The van der Waals surface area contributed by atoms with Crippen LogP contribution in [0.25, 0.3) is 22.6 Å². The summed E-state index contributed by atoms with van der Waals surface area (Å²) < 4.78 is 23.6. The highest BCUT2D eigenvalue weighted by atomic mass is 35.5. The lowest BCUT2D eigenvalue weighted by Crippen LogP contribution is -2.03. The monoisotopic (exact) mass is 493 g/mol. The number of rotatable bonds is 7. The van der Waals surface area contributed by atoms with E-state index in [1.54, 1.807) is 18.2 Å². The number of hydrogen-bond donors (Lipinski definition) is 3. The van der Waals surface area contributed by atoms with E-state index in [9.17, 15) is 14.3 Å². The highest BCUT2D eigenvalue weighted by molar-refractivity contribution is 6.33. The number of nitrogens with zero attached hydrogens (tertiary/aromatic N) is 5. The summed E-state index contributed by atoms with van der Waals surface area (Å²) in [6.07, 6.45) is 1.39. The number of hydrazone groups is 1. The van der Waals surface area contributed by atoms with E-state index in [2.05, 4.69) is 40.8 Å². The van der Waals surface area contributed by atoms with E-state index in [1.165, 1.54) is 42.6 Å². The number of nitrogens with one attached hydrogen (secondary N) is 2. The van der Waals surface area contributed by atoms with Gasteiger partial charge in [0, 0.05) is 11.3 Å². The van der Waals surface area contributed by atoms with Crippen LogP contribution in [0.2, 0.25) is 5.02 Å². The SMILES string of the molecule is O=C(O)c1cc(-c2ccc(C=NNc3nc4nonc4nc3Nc3ccc(F)cc3)o2)ccc1Cl. The number of anilines is 3. The van der Waals surface area contributed by atoms with Gasteiger partial charge in [0.15, 0.2) is 11.6 Å². The molecular weight excluding hydrogens is 481 g/mol. The maximum atomic E-state index is 13.2. The van der Waals surface area contributed by atoms with Crippen LogP contribution in [-0.4, -0.2) is 37.6 Å². The Kier molecular flexibility index (Phi) is 5.77. The van der Waals surface area contributed by atoms with Crippen molar-refractivity contribution in [2.24, 2.45) is 5.10 Å². The Labute approximate surface area is 200 Å². The first-order valence-electron chi connectivity index (χ1n) is 9.91. The summed E-state index contributed by atoms with van der Waals surface area (Å²) in [6.45, 7) is 0. The largest absolute Gasteiger partial charge is 0.478 e. The van der Waals surface area contributed by atoms with E-state index in [0.717, 1.165) is 0 Å². The van der Waals surface area contributed by atoms with Crippen molar-refractivity contribution in [2.45, 2.75) is 0 Å². The van der Waals surface area contributed by atoms with Crippen molar-refractivity contribution in [3.05, 3.63) is 76.8 Å². The first-order chi connectivity index (χ1) is 17.0. The van der Waals surface area contributed by atoms with Gasteiger partial charge in [0.2, 0.25) is 11.3 Å². The van der Waals surface area contributed by atoms with Crippen LogP contribution < -0.4 is 10.7 Å². The van der Waals surface area contributed by atoms with Gasteiger partial charge in [-0.2, -0.15) is 10.1 Å². The first kappa shape index (κ1) is 22.0. The van der Waals surface area contributed by atoms with Crippen LogP contribution in [0.5, 0.6) is 0 Å². The Hall–Kier alpha value is -4.84. The van der Waals surface area contributed by atoms with Crippen molar-refractivity contribution in [3.8, 4) is 11.3 Å². The minimum absolute atomic E-state index is 0.0325. The molecule has 0 aliphatic carbocycles. The molecule has 174 valence electrons. The molecule has 0 bridgehead atoms. The average Bonchev–Trinajstić information content (AvgIpc) is 3.50. The van der Waals surface area contributed by atoms with Gasteiger partial charge < -0.3 is 14.8 Å². The third kappa shape index (κ3) is 4.77. The second-order valence-electron chi connectivity index (χ2n) is 7.04. The van der Waals surface area contributed by atoms with E-state index >= 15 is 0 Å². The van der Waals surface area contributed by atoms with Gasteiger partial charge in [-0.05, 0) is 64.9 Å². The number of halogens is 2. The van der Waals surface area contributed by atoms with E-state index in [0.29, 0.717) is 22.8 Å². The summed E-state index contributed by atoms with van der Waals surface area (Å²) in [5.74, 6) is -0.261. The highest BCUT2D eigenvalue weighted by Crippen LogP contribution is 2.27. The van der Waals surface area contributed by atoms with Crippen molar-refractivity contribution in [3.63, 3.8) is 0 Å². The number of furan rings is 1. The molecule has 0 atom stereocenters. The molecule has 0 amide bonds. The summed E-state index contributed by atoms with van der Waals surface area (Å²) in [5, 5.41) is 23.9. The number of benzene rings is 2. The molecule has 3 heterocycles. The molecule has 0 saturated heterocycles. The number of carboxylic acids is 1. The Morgan fingerprint density at radius 2 is 1.77 bits per heavy atom. The van der Waals surface area contributed by atoms with Crippen LogP contribution in [0, 0.1) is 5.82 Å². The zero-order valence-corrected chi connectivity index (χ0v) is 18.2. The van der Waals surface area contributed by atoms with E-state index in [4.69, 9.17) is 16.0 Å². The first-order valence-corrected chi connectivity index (χ1v) is 10.3. The zero-order valence-electron chi connectivity index (χ0n) is 17.4. The van der Waals surface area contributed by atoms with E-state index in [-0.39, 0.29) is 39.3 Å². The van der Waals surface area contributed by atoms with Crippen molar-refractivity contribution in [2.75, 3.05) is 10.7 Å². The lowest BCUT2D eigenvalue weighted by molar-refractivity contribution is 0.0697. The highest BCUT2D eigenvalue weighted by Gasteiger charge is 2.14. The minimum Gasteiger partial charge on any atom is -0.478 e. The van der Waals surface area contributed by atoms with Crippen LogP contribution in [0.15, 0.2) is 68.7 Å². The molecule has 35 heavy (non-hydrogen) atoms.